The predicted octanol–water partition coefficient (Wildman–Crippen LogP) is 1.66. The van der Waals surface area contributed by atoms with Gasteiger partial charge in [0, 0.05) is 6.04 Å². The Labute approximate surface area is 108 Å². The molecule has 1 saturated carbocycles. The molecule has 3 N–H and O–H groups in total. The Morgan fingerprint density at radius 2 is 1.83 bits per heavy atom. The molecule has 1 fully saturated rings. The number of nitrogens with zero attached hydrogens (tertiary/aromatic N) is 1. The molecule has 0 unspecified atom stereocenters. The van der Waals surface area contributed by atoms with Gasteiger partial charge >= 0.3 is 0 Å². The van der Waals surface area contributed by atoms with Crippen LogP contribution in [-0.4, -0.2) is 19.4 Å². The molecule has 0 spiro atoms. The number of anilines is 1. The van der Waals surface area contributed by atoms with Crippen molar-refractivity contribution in [3.05, 3.63) is 18.3 Å². The average Bonchev–Trinajstić information content (AvgIpc) is 2.57. The van der Waals surface area contributed by atoms with Gasteiger partial charge in [0.25, 0.3) is 10.0 Å². The Hall–Kier alpha value is -1.14. The Balaban J connectivity index is 2.08. The first-order valence-corrected chi connectivity index (χ1v) is 7.80. The number of nitrogen functional groups attached to an aromatic ring is 1. The summed E-state index contributed by atoms with van der Waals surface area (Å²) in [4.78, 5) is 3.86. The van der Waals surface area contributed by atoms with E-state index in [9.17, 15) is 8.42 Å². The van der Waals surface area contributed by atoms with Gasteiger partial charge in [-0.3, -0.25) is 0 Å². The van der Waals surface area contributed by atoms with Crippen LogP contribution >= 0.6 is 0 Å². The van der Waals surface area contributed by atoms with Crippen molar-refractivity contribution in [2.24, 2.45) is 0 Å². The summed E-state index contributed by atoms with van der Waals surface area (Å²) in [6.45, 7) is 0. The van der Waals surface area contributed by atoms with Crippen LogP contribution in [0.15, 0.2) is 23.4 Å². The maximum Gasteiger partial charge on any atom is 0.258 e. The maximum atomic E-state index is 12.1. The number of sulfonamides is 1. The molecule has 100 valence electrons. The van der Waals surface area contributed by atoms with E-state index >= 15 is 0 Å². The molecule has 0 aromatic carbocycles. The lowest BCUT2D eigenvalue weighted by atomic mass is 10.1. The van der Waals surface area contributed by atoms with Gasteiger partial charge in [0.1, 0.15) is 0 Å². The minimum Gasteiger partial charge on any atom is -0.397 e. The van der Waals surface area contributed by atoms with Crippen molar-refractivity contribution in [2.75, 3.05) is 5.73 Å². The number of rotatable bonds is 3. The van der Waals surface area contributed by atoms with Gasteiger partial charge in [0.05, 0.1) is 11.9 Å². The summed E-state index contributed by atoms with van der Waals surface area (Å²) in [5, 5.41) is 0.0425. The van der Waals surface area contributed by atoms with Gasteiger partial charge in [0.2, 0.25) is 0 Å². The number of hydrogen-bond acceptors (Lipinski definition) is 4. The molecule has 0 atom stereocenters. The molecule has 1 aromatic rings. The standard InChI is InChI=1S/C12H19N3O2S/c13-10-7-8-12(14-9-10)18(16,17)15-11-5-3-1-2-4-6-11/h7-9,11,15H,1-6,13H2. The highest BCUT2D eigenvalue weighted by Crippen LogP contribution is 2.19. The van der Waals surface area contributed by atoms with Gasteiger partial charge < -0.3 is 5.73 Å². The van der Waals surface area contributed by atoms with Crippen LogP contribution < -0.4 is 10.5 Å². The molecule has 1 aromatic heterocycles. The summed E-state index contributed by atoms with van der Waals surface area (Å²) < 4.78 is 27.0. The summed E-state index contributed by atoms with van der Waals surface area (Å²) in [6.07, 6.45) is 7.74. The smallest absolute Gasteiger partial charge is 0.258 e. The molecule has 0 bridgehead atoms. The van der Waals surface area contributed by atoms with Crippen molar-refractivity contribution in [1.82, 2.24) is 9.71 Å². The second-order valence-corrected chi connectivity index (χ2v) is 6.40. The summed E-state index contributed by atoms with van der Waals surface area (Å²) >= 11 is 0. The quantitative estimate of drug-likeness (QED) is 0.817. The SMILES string of the molecule is Nc1ccc(S(=O)(=O)NC2CCCCCC2)nc1. The average molecular weight is 269 g/mol. The van der Waals surface area contributed by atoms with E-state index < -0.39 is 10.0 Å². The lowest BCUT2D eigenvalue weighted by molar-refractivity contribution is 0.508. The zero-order chi connectivity index (χ0) is 13.0. The van der Waals surface area contributed by atoms with Crippen LogP contribution in [0.25, 0.3) is 0 Å². The molecule has 18 heavy (non-hydrogen) atoms. The van der Waals surface area contributed by atoms with Crippen LogP contribution in [0.5, 0.6) is 0 Å². The summed E-state index contributed by atoms with van der Waals surface area (Å²) in [6, 6.07) is 3.03. The second-order valence-electron chi connectivity index (χ2n) is 4.74. The zero-order valence-corrected chi connectivity index (χ0v) is 11.1. The highest BCUT2D eigenvalue weighted by molar-refractivity contribution is 7.89. The topological polar surface area (TPSA) is 85.1 Å². The molecule has 0 aliphatic heterocycles. The monoisotopic (exact) mass is 269 g/mol. The van der Waals surface area contributed by atoms with E-state index in [1.54, 1.807) is 6.07 Å². The van der Waals surface area contributed by atoms with Crippen LogP contribution in [0, 0.1) is 0 Å². The fourth-order valence-electron chi connectivity index (χ4n) is 2.23. The van der Waals surface area contributed by atoms with Gasteiger partial charge in [0.15, 0.2) is 5.03 Å². The Bertz CT molecular complexity index is 477. The third-order valence-electron chi connectivity index (χ3n) is 3.21. The number of nitrogens with one attached hydrogen (secondary N) is 1. The predicted molar refractivity (Wildman–Crippen MR) is 70.5 cm³/mol. The van der Waals surface area contributed by atoms with Crippen molar-refractivity contribution in [3.8, 4) is 0 Å². The number of hydrogen-bond donors (Lipinski definition) is 2. The summed E-state index contributed by atoms with van der Waals surface area (Å²) in [7, 11) is -3.51. The lowest BCUT2D eigenvalue weighted by Gasteiger charge is -2.15. The van der Waals surface area contributed by atoms with Crippen molar-refractivity contribution < 1.29 is 8.42 Å². The normalized spacial score (nSPS) is 18.4. The molecule has 0 radical (unpaired) electrons. The van der Waals surface area contributed by atoms with Gasteiger partial charge in [-0.15, -0.1) is 0 Å². The van der Waals surface area contributed by atoms with E-state index in [-0.39, 0.29) is 11.1 Å². The largest absolute Gasteiger partial charge is 0.397 e. The second kappa shape index (κ2) is 5.67. The molecule has 0 saturated heterocycles. The fraction of sp³-hybridized carbons (Fsp3) is 0.583. The maximum absolute atomic E-state index is 12.1. The Kier molecular flexibility index (Phi) is 4.19. The Morgan fingerprint density at radius 3 is 2.39 bits per heavy atom. The van der Waals surface area contributed by atoms with E-state index in [0.717, 1.165) is 25.7 Å². The molecule has 5 nitrogen and oxygen atoms in total. The van der Waals surface area contributed by atoms with Crippen LogP contribution in [0.3, 0.4) is 0 Å². The van der Waals surface area contributed by atoms with Gasteiger partial charge in [-0.25, -0.2) is 18.1 Å². The van der Waals surface area contributed by atoms with E-state index in [1.165, 1.54) is 25.1 Å². The minimum absolute atomic E-state index is 0.0388. The molecule has 6 heteroatoms. The number of pyridine rings is 1. The molecular formula is C12H19N3O2S. The molecule has 2 rings (SSSR count). The minimum atomic E-state index is -3.51. The van der Waals surface area contributed by atoms with Crippen LogP contribution in [0.1, 0.15) is 38.5 Å². The van der Waals surface area contributed by atoms with Crippen molar-refractivity contribution in [2.45, 2.75) is 49.6 Å². The van der Waals surface area contributed by atoms with Crippen LogP contribution in [-0.2, 0) is 10.0 Å². The van der Waals surface area contributed by atoms with Crippen LogP contribution in [0.4, 0.5) is 5.69 Å². The number of aromatic nitrogens is 1. The van der Waals surface area contributed by atoms with Crippen molar-refractivity contribution in [3.63, 3.8) is 0 Å². The third kappa shape index (κ3) is 3.43. The Morgan fingerprint density at radius 1 is 1.17 bits per heavy atom. The first-order chi connectivity index (χ1) is 8.58. The first-order valence-electron chi connectivity index (χ1n) is 6.32. The highest BCUT2D eigenvalue weighted by atomic mass is 32.2. The molecular weight excluding hydrogens is 250 g/mol. The third-order valence-corrected chi connectivity index (χ3v) is 4.65. The van der Waals surface area contributed by atoms with Crippen molar-refractivity contribution in [1.29, 1.82) is 0 Å². The van der Waals surface area contributed by atoms with E-state index in [4.69, 9.17) is 5.73 Å². The van der Waals surface area contributed by atoms with Crippen molar-refractivity contribution >= 4 is 15.7 Å². The summed E-state index contributed by atoms with van der Waals surface area (Å²) in [5.41, 5.74) is 5.96. The van der Waals surface area contributed by atoms with E-state index in [2.05, 4.69) is 9.71 Å². The zero-order valence-electron chi connectivity index (χ0n) is 10.3. The molecule has 0 amide bonds. The first kappa shape index (κ1) is 13.3. The summed E-state index contributed by atoms with van der Waals surface area (Å²) in [5.74, 6) is 0. The molecule has 1 aliphatic carbocycles. The lowest BCUT2D eigenvalue weighted by Crippen LogP contribution is -2.34. The van der Waals surface area contributed by atoms with Gasteiger partial charge in [-0.1, -0.05) is 25.7 Å². The molecule has 1 aliphatic rings. The van der Waals surface area contributed by atoms with E-state index in [0.29, 0.717) is 5.69 Å². The van der Waals surface area contributed by atoms with Gasteiger partial charge in [-0.2, -0.15) is 0 Å². The molecule has 1 heterocycles. The number of nitrogens with two attached hydrogens (primary N) is 1. The van der Waals surface area contributed by atoms with Gasteiger partial charge in [-0.05, 0) is 25.0 Å². The van der Waals surface area contributed by atoms with E-state index in [1.807, 2.05) is 0 Å². The highest BCUT2D eigenvalue weighted by Gasteiger charge is 2.21. The van der Waals surface area contributed by atoms with Crippen LogP contribution in [0.2, 0.25) is 0 Å². The fourth-order valence-corrected chi connectivity index (χ4v) is 3.46.